The fraction of sp³-hybridized carbons (Fsp3) is 0.538. The van der Waals surface area contributed by atoms with E-state index in [-0.39, 0.29) is 12.1 Å². The smallest absolute Gasteiger partial charge is 0.139 e. The standard InChI is InChI=1S/C26H35ClN6/c1-18-8-7-15-28-24(18)20-9-5-10-21(31(20)4)25-26(27)33-22(29-25)11-6-12-23(33)32-16-13-19(14-17-32)30(2)3/h6-8,11-12,15,19-21H,5,9-10,13-14,16-17H2,1-4H3/t20-,21+/m0/s1. The lowest BCUT2D eigenvalue weighted by molar-refractivity contribution is 0.109. The van der Waals surface area contributed by atoms with Crippen LogP contribution in [0.4, 0.5) is 5.82 Å². The summed E-state index contributed by atoms with van der Waals surface area (Å²) in [4.78, 5) is 17.1. The van der Waals surface area contributed by atoms with Crippen LogP contribution in [0.1, 0.15) is 61.1 Å². The van der Waals surface area contributed by atoms with Crippen molar-refractivity contribution in [3.63, 3.8) is 0 Å². The Balaban J connectivity index is 1.47. The van der Waals surface area contributed by atoms with Crippen molar-refractivity contribution in [2.45, 2.75) is 57.2 Å². The Hall–Kier alpha value is -2.15. The van der Waals surface area contributed by atoms with Gasteiger partial charge in [0.1, 0.15) is 16.6 Å². The Bertz CT molecular complexity index is 1120. The van der Waals surface area contributed by atoms with Crippen LogP contribution in [0.25, 0.3) is 5.65 Å². The highest BCUT2D eigenvalue weighted by atomic mass is 35.5. The first-order valence-electron chi connectivity index (χ1n) is 12.2. The summed E-state index contributed by atoms with van der Waals surface area (Å²) >= 11 is 7.11. The largest absolute Gasteiger partial charge is 0.358 e. The molecule has 5 rings (SSSR count). The van der Waals surface area contributed by atoms with Gasteiger partial charge in [-0.3, -0.25) is 14.3 Å². The Morgan fingerprint density at radius 2 is 1.70 bits per heavy atom. The molecule has 2 aliphatic rings. The first-order valence-corrected chi connectivity index (χ1v) is 12.5. The highest BCUT2D eigenvalue weighted by Crippen LogP contribution is 2.43. The minimum absolute atomic E-state index is 0.185. The molecule has 0 spiro atoms. The number of piperidine rings is 2. The highest BCUT2D eigenvalue weighted by molar-refractivity contribution is 6.30. The average molecular weight is 467 g/mol. The van der Waals surface area contributed by atoms with Crippen LogP contribution in [0, 0.1) is 6.92 Å². The zero-order valence-corrected chi connectivity index (χ0v) is 21.0. The van der Waals surface area contributed by atoms with Gasteiger partial charge in [0.05, 0.1) is 23.5 Å². The molecule has 0 unspecified atom stereocenters. The highest BCUT2D eigenvalue weighted by Gasteiger charge is 2.35. The second-order valence-corrected chi connectivity index (χ2v) is 10.2. The lowest BCUT2D eigenvalue weighted by Crippen LogP contribution is -2.42. The van der Waals surface area contributed by atoms with Crippen LogP contribution in [-0.2, 0) is 0 Å². The van der Waals surface area contributed by atoms with Crippen molar-refractivity contribution >= 4 is 23.1 Å². The van der Waals surface area contributed by atoms with Gasteiger partial charge in [-0.15, -0.1) is 0 Å². The van der Waals surface area contributed by atoms with E-state index < -0.39 is 0 Å². The molecule has 3 aromatic rings. The number of rotatable bonds is 4. The second kappa shape index (κ2) is 9.24. The van der Waals surface area contributed by atoms with Gasteiger partial charge in [-0.05, 0) is 83.9 Å². The lowest BCUT2D eigenvalue weighted by Gasteiger charge is -2.39. The SMILES string of the molecule is Cc1cccnc1[C@@H]1CCC[C@H](c2nc3cccc(N4CCC(N(C)C)CC4)n3c2Cl)N1C. The van der Waals surface area contributed by atoms with Crippen molar-refractivity contribution in [3.8, 4) is 0 Å². The number of fused-ring (bicyclic) bond motifs is 1. The summed E-state index contributed by atoms with van der Waals surface area (Å²) in [5, 5.41) is 0.755. The van der Waals surface area contributed by atoms with Crippen LogP contribution in [-0.4, -0.2) is 64.4 Å². The van der Waals surface area contributed by atoms with E-state index in [9.17, 15) is 0 Å². The van der Waals surface area contributed by atoms with Crippen LogP contribution >= 0.6 is 11.6 Å². The van der Waals surface area contributed by atoms with Gasteiger partial charge in [0, 0.05) is 25.3 Å². The number of aryl methyl sites for hydroxylation is 1. The predicted molar refractivity (Wildman–Crippen MR) is 135 cm³/mol. The maximum atomic E-state index is 7.11. The molecule has 0 aromatic carbocycles. The van der Waals surface area contributed by atoms with E-state index in [1.807, 2.05) is 12.3 Å². The van der Waals surface area contributed by atoms with Gasteiger partial charge in [0.15, 0.2) is 0 Å². The van der Waals surface area contributed by atoms with Crippen LogP contribution in [0.2, 0.25) is 5.15 Å². The first kappa shape index (κ1) is 22.6. The van der Waals surface area contributed by atoms with E-state index in [0.29, 0.717) is 6.04 Å². The molecular formula is C26H35ClN6. The number of hydrogen-bond acceptors (Lipinski definition) is 5. The third kappa shape index (κ3) is 4.13. The number of likely N-dealkylation sites (tertiary alicyclic amines) is 1. The van der Waals surface area contributed by atoms with Crippen molar-refractivity contribution in [3.05, 3.63) is 58.6 Å². The van der Waals surface area contributed by atoms with E-state index in [2.05, 4.69) is 71.4 Å². The van der Waals surface area contributed by atoms with Gasteiger partial charge < -0.3 is 9.80 Å². The fourth-order valence-corrected chi connectivity index (χ4v) is 6.11. The summed E-state index contributed by atoms with van der Waals surface area (Å²) < 4.78 is 2.16. The van der Waals surface area contributed by atoms with Gasteiger partial charge in [0.25, 0.3) is 0 Å². The van der Waals surface area contributed by atoms with Gasteiger partial charge in [-0.1, -0.05) is 23.7 Å². The van der Waals surface area contributed by atoms with Crippen LogP contribution in [0.15, 0.2) is 36.5 Å². The summed E-state index contributed by atoms with van der Waals surface area (Å²) in [6, 6.07) is 11.7. The van der Waals surface area contributed by atoms with E-state index >= 15 is 0 Å². The van der Waals surface area contributed by atoms with Crippen molar-refractivity contribution in [2.24, 2.45) is 0 Å². The van der Waals surface area contributed by atoms with Crippen LogP contribution in [0.5, 0.6) is 0 Å². The second-order valence-electron chi connectivity index (χ2n) is 9.88. The molecule has 0 N–H and O–H groups in total. The maximum Gasteiger partial charge on any atom is 0.139 e. The zero-order valence-electron chi connectivity index (χ0n) is 20.2. The van der Waals surface area contributed by atoms with E-state index in [0.717, 1.165) is 54.7 Å². The molecule has 0 saturated carbocycles. The molecule has 0 amide bonds. The lowest BCUT2D eigenvalue weighted by atomic mass is 9.91. The van der Waals surface area contributed by atoms with Gasteiger partial charge in [-0.25, -0.2) is 4.98 Å². The fourth-order valence-electron chi connectivity index (χ4n) is 5.76. The number of imidazole rings is 1. The van der Waals surface area contributed by atoms with Crippen molar-refractivity contribution < 1.29 is 0 Å². The Morgan fingerprint density at radius 3 is 2.39 bits per heavy atom. The van der Waals surface area contributed by atoms with E-state index in [1.165, 1.54) is 24.1 Å². The Morgan fingerprint density at radius 1 is 0.970 bits per heavy atom. The van der Waals surface area contributed by atoms with E-state index in [4.69, 9.17) is 21.6 Å². The number of anilines is 1. The molecule has 5 heterocycles. The minimum atomic E-state index is 0.185. The van der Waals surface area contributed by atoms with Crippen LogP contribution < -0.4 is 4.90 Å². The third-order valence-electron chi connectivity index (χ3n) is 7.73. The molecule has 2 atom stereocenters. The quantitative estimate of drug-likeness (QED) is 0.533. The van der Waals surface area contributed by atoms with Crippen molar-refractivity contribution in [2.75, 3.05) is 39.1 Å². The monoisotopic (exact) mass is 466 g/mol. The molecule has 2 aliphatic heterocycles. The summed E-state index contributed by atoms with van der Waals surface area (Å²) in [6.45, 7) is 4.23. The maximum absolute atomic E-state index is 7.11. The minimum Gasteiger partial charge on any atom is -0.358 e. The average Bonchev–Trinajstić information content (AvgIpc) is 3.16. The molecule has 2 saturated heterocycles. The third-order valence-corrected chi connectivity index (χ3v) is 8.09. The van der Waals surface area contributed by atoms with E-state index in [1.54, 1.807) is 0 Å². The predicted octanol–water partition coefficient (Wildman–Crippen LogP) is 5.12. The Kier molecular flexibility index (Phi) is 6.34. The van der Waals surface area contributed by atoms with Gasteiger partial charge >= 0.3 is 0 Å². The molecule has 0 aliphatic carbocycles. The van der Waals surface area contributed by atoms with Crippen LogP contribution in [0.3, 0.4) is 0 Å². The zero-order chi connectivity index (χ0) is 23.1. The van der Waals surface area contributed by atoms with Gasteiger partial charge in [0.2, 0.25) is 0 Å². The first-order chi connectivity index (χ1) is 16.0. The summed E-state index contributed by atoms with van der Waals surface area (Å²) in [5.41, 5.74) is 4.36. The molecule has 3 aromatic heterocycles. The summed E-state index contributed by atoms with van der Waals surface area (Å²) in [7, 11) is 6.57. The molecule has 7 heteroatoms. The summed E-state index contributed by atoms with van der Waals surface area (Å²) in [6.07, 6.45) is 7.56. The number of aromatic nitrogens is 3. The molecule has 2 fully saturated rings. The molecular weight excluding hydrogens is 432 g/mol. The molecule has 176 valence electrons. The van der Waals surface area contributed by atoms with Gasteiger partial charge in [-0.2, -0.15) is 0 Å². The normalized spacial score (nSPS) is 23.0. The topological polar surface area (TPSA) is 39.9 Å². The molecule has 0 radical (unpaired) electrons. The number of nitrogens with zero attached hydrogens (tertiary/aromatic N) is 6. The summed E-state index contributed by atoms with van der Waals surface area (Å²) in [5.74, 6) is 1.16. The van der Waals surface area contributed by atoms with Crippen molar-refractivity contribution in [1.29, 1.82) is 0 Å². The number of halogens is 1. The molecule has 33 heavy (non-hydrogen) atoms. The molecule has 6 nitrogen and oxygen atoms in total. The Labute approximate surface area is 202 Å². The number of pyridine rings is 2. The van der Waals surface area contributed by atoms with Crippen molar-refractivity contribution in [1.82, 2.24) is 24.2 Å². The molecule has 0 bridgehead atoms. The number of hydrogen-bond donors (Lipinski definition) is 0.